The molecule has 6 nitrogen and oxygen atoms in total. The van der Waals surface area contributed by atoms with Gasteiger partial charge in [-0.15, -0.1) is 0 Å². The number of aryl methyl sites for hydroxylation is 2. The third kappa shape index (κ3) is 4.22. The average molecular weight is 373 g/mol. The highest BCUT2D eigenvalue weighted by Crippen LogP contribution is 2.22. The van der Waals surface area contributed by atoms with E-state index in [0.717, 1.165) is 16.8 Å². The summed E-state index contributed by atoms with van der Waals surface area (Å²) >= 11 is 0. The molecular formula is C19H23N3O3S. The Morgan fingerprint density at radius 3 is 2.50 bits per heavy atom. The van der Waals surface area contributed by atoms with Gasteiger partial charge >= 0.3 is 0 Å². The van der Waals surface area contributed by atoms with Crippen molar-refractivity contribution in [3.8, 4) is 0 Å². The van der Waals surface area contributed by atoms with E-state index in [1.165, 1.54) is 0 Å². The van der Waals surface area contributed by atoms with Crippen LogP contribution < -0.4 is 10.2 Å². The molecule has 7 heteroatoms. The van der Waals surface area contributed by atoms with Crippen LogP contribution in [0, 0.1) is 13.8 Å². The van der Waals surface area contributed by atoms with Gasteiger partial charge in [0.25, 0.3) is 5.91 Å². The standard InChI is InChI=1S/C19H23N3O3S/c1-13-8-14(2)10-16(9-13)21-19(23)15-4-6-20-18(11-15)22(3)17-5-7-26(24,25)12-17/h4,6,8-11,17H,5,7,12H2,1-3H3,(H,21,23). The van der Waals surface area contributed by atoms with E-state index in [-0.39, 0.29) is 23.5 Å². The molecule has 0 aliphatic carbocycles. The van der Waals surface area contributed by atoms with Crippen molar-refractivity contribution in [2.75, 3.05) is 28.8 Å². The molecule has 1 atom stereocenters. The number of nitrogens with zero attached hydrogens (tertiary/aromatic N) is 2. The van der Waals surface area contributed by atoms with Crippen molar-refractivity contribution < 1.29 is 13.2 Å². The molecule has 1 fully saturated rings. The van der Waals surface area contributed by atoms with Crippen molar-refractivity contribution in [3.05, 3.63) is 53.2 Å². The summed E-state index contributed by atoms with van der Waals surface area (Å²) in [4.78, 5) is 18.7. The number of hydrogen-bond acceptors (Lipinski definition) is 5. The molecule has 1 aromatic heterocycles. The van der Waals surface area contributed by atoms with Gasteiger partial charge in [0, 0.05) is 30.5 Å². The molecule has 1 unspecified atom stereocenters. The van der Waals surface area contributed by atoms with E-state index in [4.69, 9.17) is 0 Å². The van der Waals surface area contributed by atoms with Gasteiger partial charge in [0.1, 0.15) is 5.82 Å². The van der Waals surface area contributed by atoms with Gasteiger partial charge in [0.15, 0.2) is 9.84 Å². The Kier molecular flexibility index (Phi) is 5.00. The van der Waals surface area contributed by atoms with E-state index in [1.807, 2.05) is 44.0 Å². The molecule has 1 aromatic carbocycles. The molecule has 0 saturated carbocycles. The first-order valence-electron chi connectivity index (χ1n) is 8.52. The molecule has 1 aliphatic heterocycles. The molecule has 1 N–H and O–H groups in total. The highest BCUT2D eigenvalue weighted by Gasteiger charge is 2.31. The average Bonchev–Trinajstić information content (AvgIpc) is 2.93. The topological polar surface area (TPSA) is 79.4 Å². The molecule has 0 spiro atoms. The number of hydrogen-bond donors (Lipinski definition) is 1. The van der Waals surface area contributed by atoms with Gasteiger partial charge in [0.2, 0.25) is 0 Å². The van der Waals surface area contributed by atoms with Gasteiger partial charge < -0.3 is 10.2 Å². The minimum atomic E-state index is -2.97. The molecule has 0 bridgehead atoms. The van der Waals surface area contributed by atoms with E-state index < -0.39 is 9.84 Å². The van der Waals surface area contributed by atoms with Crippen LogP contribution in [-0.4, -0.2) is 43.9 Å². The largest absolute Gasteiger partial charge is 0.356 e. The fraction of sp³-hybridized carbons (Fsp3) is 0.368. The van der Waals surface area contributed by atoms with E-state index in [2.05, 4.69) is 10.3 Å². The zero-order valence-electron chi connectivity index (χ0n) is 15.2. The van der Waals surface area contributed by atoms with Gasteiger partial charge in [-0.2, -0.15) is 0 Å². The zero-order valence-corrected chi connectivity index (χ0v) is 16.0. The highest BCUT2D eigenvalue weighted by atomic mass is 32.2. The predicted octanol–water partition coefficient (Wildman–Crippen LogP) is 2.57. The van der Waals surface area contributed by atoms with E-state index in [9.17, 15) is 13.2 Å². The summed E-state index contributed by atoms with van der Waals surface area (Å²) in [5, 5.41) is 2.91. The smallest absolute Gasteiger partial charge is 0.255 e. The lowest BCUT2D eigenvalue weighted by atomic mass is 10.1. The van der Waals surface area contributed by atoms with Gasteiger partial charge in [-0.05, 0) is 55.7 Å². The van der Waals surface area contributed by atoms with Crippen LogP contribution in [0.25, 0.3) is 0 Å². The SMILES string of the molecule is Cc1cc(C)cc(NC(=O)c2ccnc(N(C)C3CCS(=O)(=O)C3)c2)c1. The quantitative estimate of drug-likeness (QED) is 0.891. The number of carbonyl (C=O) groups excluding carboxylic acids is 1. The molecule has 2 aromatic rings. The lowest BCUT2D eigenvalue weighted by Crippen LogP contribution is -2.33. The molecule has 2 heterocycles. The number of sulfone groups is 1. The van der Waals surface area contributed by atoms with E-state index in [0.29, 0.717) is 17.8 Å². The number of pyridine rings is 1. The van der Waals surface area contributed by atoms with Crippen molar-refractivity contribution in [3.63, 3.8) is 0 Å². The summed E-state index contributed by atoms with van der Waals surface area (Å²) in [5.41, 5.74) is 3.40. The second kappa shape index (κ2) is 7.07. The van der Waals surface area contributed by atoms with Crippen LogP contribution in [0.4, 0.5) is 11.5 Å². The summed E-state index contributed by atoms with van der Waals surface area (Å²) in [7, 11) is -1.15. The number of carbonyl (C=O) groups is 1. The summed E-state index contributed by atoms with van der Waals surface area (Å²) in [5.74, 6) is 0.713. The molecule has 1 aliphatic rings. The maximum Gasteiger partial charge on any atom is 0.255 e. The minimum absolute atomic E-state index is 0.106. The molecule has 1 saturated heterocycles. The second-order valence-electron chi connectivity index (χ2n) is 6.90. The molecular weight excluding hydrogens is 350 g/mol. The van der Waals surface area contributed by atoms with Crippen molar-refractivity contribution in [2.45, 2.75) is 26.3 Å². The highest BCUT2D eigenvalue weighted by molar-refractivity contribution is 7.91. The van der Waals surface area contributed by atoms with Gasteiger partial charge in [-0.25, -0.2) is 13.4 Å². The van der Waals surface area contributed by atoms with Crippen LogP contribution in [0.15, 0.2) is 36.5 Å². The summed E-state index contributed by atoms with van der Waals surface area (Å²) < 4.78 is 23.4. The van der Waals surface area contributed by atoms with E-state index >= 15 is 0 Å². The first kappa shape index (κ1) is 18.4. The Balaban J connectivity index is 1.77. The number of benzene rings is 1. The molecule has 1 amide bonds. The Labute approximate surface area is 154 Å². The zero-order chi connectivity index (χ0) is 18.9. The summed E-state index contributed by atoms with van der Waals surface area (Å²) in [6.07, 6.45) is 2.16. The third-order valence-corrected chi connectivity index (χ3v) is 6.36. The fourth-order valence-corrected chi connectivity index (χ4v) is 5.04. The lowest BCUT2D eigenvalue weighted by Gasteiger charge is -2.24. The van der Waals surface area contributed by atoms with Crippen LogP contribution >= 0.6 is 0 Å². The number of aromatic nitrogens is 1. The number of anilines is 2. The van der Waals surface area contributed by atoms with Crippen LogP contribution in [0.5, 0.6) is 0 Å². The summed E-state index contributed by atoms with van der Waals surface area (Å²) in [6, 6.07) is 9.13. The summed E-state index contributed by atoms with van der Waals surface area (Å²) in [6.45, 7) is 3.97. The molecule has 0 radical (unpaired) electrons. The Bertz CT molecular complexity index is 921. The maximum atomic E-state index is 12.6. The predicted molar refractivity (Wildman–Crippen MR) is 104 cm³/mol. The number of amides is 1. The Morgan fingerprint density at radius 2 is 1.88 bits per heavy atom. The maximum absolute atomic E-state index is 12.6. The third-order valence-electron chi connectivity index (χ3n) is 4.60. The fourth-order valence-electron chi connectivity index (χ4n) is 3.27. The monoisotopic (exact) mass is 373 g/mol. The van der Waals surface area contributed by atoms with E-state index in [1.54, 1.807) is 18.3 Å². The molecule has 26 heavy (non-hydrogen) atoms. The van der Waals surface area contributed by atoms with Gasteiger partial charge in [-0.3, -0.25) is 4.79 Å². The van der Waals surface area contributed by atoms with Crippen LogP contribution in [0.2, 0.25) is 0 Å². The normalized spacial score (nSPS) is 18.5. The van der Waals surface area contributed by atoms with Crippen molar-refractivity contribution >= 4 is 27.2 Å². The van der Waals surface area contributed by atoms with Gasteiger partial charge in [-0.1, -0.05) is 6.07 Å². The van der Waals surface area contributed by atoms with Crippen molar-refractivity contribution in [2.24, 2.45) is 0 Å². The van der Waals surface area contributed by atoms with Crippen molar-refractivity contribution in [1.82, 2.24) is 4.98 Å². The minimum Gasteiger partial charge on any atom is -0.356 e. The number of nitrogens with one attached hydrogen (secondary N) is 1. The molecule has 3 rings (SSSR count). The lowest BCUT2D eigenvalue weighted by molar-refractivity contribution is 0.102. The Hall–Kier alpha value is -2.41. The number of rotatable bonds is 4. The molecule has 138 valence electrons. The van der Waals surface area contributed by atoms with Crippen LogP contribution in [-0.2, 0) is 9.84 Å². The first-order valence-corrected chi connectivity index (χ1v) is 10.3. The van der Waals surface area contributed by atoms with Crippen LogP contribution in [0.1, 0.15) is 27.9 Å². The van der Waals surface area contributed by atoms with Crippen LogP contribution in [0.3, 0.4) is 0 Å². The second-order valence-corrected chi connectivity index (χ2v) is 9.13. The Morgan fingerprint density at radius 1 is 1.19 bits per heavy atom. The van der Waals surface area contributed by atoms with Gasteiger partial charge in [0.05, 0.1) is 11.5 Å². The van der Waals surface area contributed by atoms with Crippen molar-refractivity contribution in [1.29, 1.82) is 0 Å². The first-order chi connectivity index (χ1) is 12.2.